The smallest absolute Gasteiger partial charge is 0.291 e. The highest BCUT2D eigenvalue weighted by Gasteiger charge is 2.41. The summed E-state index contributed by atoms with van der Waals surface area (Å²) in [6, 6.07) is 0.398. The van der Waals surface area contributed by atoms with Gasteiger partial charge in [-0.1, -0.05) is 13.3 Å². The Bertz CT molecular complexity index is 507. The molecule has 1 aliphatic carbocycles. The van der Waals surface area contributed by atoms with Crippen molar-refractivity contribution in [3.8, 4) is 0 Å². The molecule has 0 unspecified atom stereocenters. The second-order valence-corrected chi connectivity index (χ2v) is 6.45. The molecule has 0 aromatic carbocycles. The Morgan fingerprint density at radius 1 is 1.25 bits per heavy atom. The van der Waals surface area contributed by atoms with Gasteiger partial charge in [-0.2, -0.15) is 0 Å². The van der Waals surface area contributed by atoms with E-state index in [1.54, 1.807) is 6.92 Å². The van der Waals surface area contributed by atoms with Gasteiger partial charge in [0.15, 0.2) is 5.89 Å². The van der Waals surface area contributed by atoms with Gasteiger partial charge in [0.05, 0.1) is 5.69 Å². The zero-order valence-electron chi connectivity index (χ0n) is 12.7. The van der Waals surface area contributed by atoms with Crippen LogP contribution in [0.4, 0.5) is 0 Å². The van der Waals surface area contributed by atoms with Crippen molar-refractivity contribution in [2.75, 3.05) is 6.54 Å². The maximum absolute atomic E-state index is 12.8. The zero-order chi connectivity index (χ0) is 14.3. The van der Waals surface area contributed by atoms with Crippen molar-refractivity contribution in [3.63, 3.8) is 0 Å². The first-order chi connectivity index (χ1) is 9.58. The number of aryl methyl sites for hydroxylation is 2. The predicted molar refractivity (Wildman–Crippen MR) is 76.5 cm³/mol. The summed E-state index contributed by atoms with van der Waals surface area (Å²) >= 11 is 0. The first kappa shape index (κ1) is 13.7. The van der Waals surface area contributed by atoms with Crippen molar-refractivity contribution >= 4 is 5.91 Å². The van der Waals surface area contributed by atoms with Crippen molar-refractivity contribution in [1.82, 2.24) is 9.88 Å². The van der Waals surface area contributed by atoms with Crippen LogP contribution in [0.2, 0.25) is 0 Å². The quantitative estimate of drug-likeness (QED) is 0.790. The van der Waals surface area contributed by atoms with Crippen molar-refractivity contribution < 1.29 is 9.21 Å². The first-order valence-corrected chi connectivity index (χ1v) is 7.83. The van der Waals surface area contributed by atoms with Gasteiger partial charge in [-0.25, -0.2) is 4.98 Å². The number of rotatable bonds is 1. The van der Waals surface area contributed by atoms with E-state index in [1.165, 1.54) is 25.7 Å². The fraction of sp³-hybridized carbons (Fsp3) is 0.750. The molecule has 0 bridgehead atoms. The average molecular weight is 276 g/mol. The highest BCUT2D eigenvalue weighted by molar-refractivity contribution is 5.92. The topological polar surface area (TPSA) is 46.3 Å². The number of hydrogen-bond donors (Lipinski definition) is 0. The molecule has 3 rings (SSSR count). The maximum atomic E-state index is 12.8. The average Bonchev–Trinajstić information content (AvgIpc) is 2.77. The van der Waals surface area contributed by atoms with E-state index in [9.17, 15) is 4.79 Å². The number of fused-ring (bicyclic) bond motifs is 1. The Kier molecular flexibility index (Phi) is 3.57. The van der Waals surface area contributed by atoms with Gasteiger partial charge in [0.2, 0.25) is 5.76 Å². The molecule has 1 aromatic heterocycles. The van der Waals surface area contributed by atoms with Gasteiger partial charge < -0.3 is 9.32 Å². The lowest BCUT2D eigenvalue weighted by atomic mass is 9.73. The third-order valence-corrected chi connectivity index (χ3v) is 4.99. The van der Waals surface area contributed by atoms with Crippen LogP contribution in [0.5, 0.6) is 0 Å². The molecule has 3 atom stereocenters. The standard InChI is InChI=1S/C16H24N2O2/c1-10-6-4-7-13-8-5-9-18(14(10)13)16(19)15-11(2)17-12(3)20-15/h10,13-14H,4-9H2,1-3H3/t10-,13-,14-/m0/s1. The van der Waals surface area contributed by atoms with Crippen LogP contribution in [0.3, 0.4) is 0 Å². The molecule has 1 saturated carbocycles. The minimum absolute atomic E-state index is 0.0477. The lowest BCUT2D eigenvalue weighted by Crippen LogP contribution is -2.53. The normalized spacial score (nSPS) is 30.1. The Morgan fingerprint density at radius 3 is 2.70 bits per heavy atom. The summed E-state index contributed by atoms with van der Waals surface area (Å²) in [7, 11) is 0. The maximum Gasteiger partial charge on any atom is 0.291 e. The summed E-state index contributed by atoms with van der Waals surface area (Å²) in [5, 5.41) is 0. The third kappa shape index (κ3) is 2.25. The van der Waals surface area contributed by atoms with Crippen LogP contribution in [0.1, 0.15) is 61.2 Å². The highest BCUT2D eigenvalue weighted by Crippen LogP contribution is 2.39. The monoisotopic (exact) mass is 276 g/mol. The number of carbonyl (C=O) groups excluding carboxylic acids is 1. The zero-order valence-corrected chi connectivity index (χ0v) is 12.7. The van der Waals surface area contributed by atoms with Crippen molar-refractivity contribution in [2.24, 2.45) is 11.8 Å². The number of amides is 1. The van der Waals surface area contributed by atoms with Gasteiger partial charge in [0, 0.05) is 19.5 Å². The van der Waals surface area contributed by atoms with Crippen LogP contribution in [0.15, 0.2) is 4.42 Å². The number of oxazole rings is 1. The summed E-state index contributed by atoms with van der Waals surface area (Å²) in [4.78, 5) is 19.1. The molecule has 0 radical (unpaired) electrons. The van der Waals surface area contributed by atoms with Crippen LogP contribution in [0, 0.1) is 25.7 Å². The van der Waals surface area contributed by atoms with Gasteiger partial charge in [0.1, 0.15) is 0 Å². The largest absolute Gasteiger partial charge is 0.436 e. The van der Waals surface area contributed by atoms with E-state index in [4.69, 9.17) is 4.42 Å². The van der Waals surface area contributed by atoms with Crippen LogP contribution in [-0.4, -0.2) is 28.4 Å². The molecular weight excluding hydrogens is 252 g/mol. The van der Waals surface area contributed by atoms with E-state index in [0.717, 1.165) is 18.7 Å². The number of aromatic nitrogens is 1. The fourth-order valence-corrected chi connectivity index (χ4v) is 4.15. The van der Waals surface area contributed by atoms with Crippen LogP contribution in [0.25, 0.3) is 0 Å². The van der Waals surface area contributed by atoms with E-state index in [1.807, 2.05) is 6.92 Å². The van der Waals surface area contributed by atoms with Gasteiger partial charge in [0.25, 0.3) is 5.91 Å². The fourth-order valence-electron chi connectivity index (χ4n) is 4.15. The van der Waals surface area contributed by atoms with E-state index >= 15 is 0 Å². The Balaban J connectivity index is 1.87. The first-order valence-electron chi connectivity index (χ1n) is 7.83. The molecule has 1 amide bonds. The van der Waals surface area contributed by atoms with E-state index in [0.29, 0.717) is 29.5 Å². The van der Waals surface area contributed by atoms with Gasteiger partial charge >= 0.3 is 0 Å². The number of likely N-dealkylation sites (tertiary alicyclic amines) is 1. The Morgan fingerprint density at radius 2 is 2.00 bits per heavy atom. The van der Waals surface area contributed by atoms with Gasteiger partial charge in [-0.05, 0) is 44.4 Å². The summed E-state index contributed by atoms with van der Waals surface area (Å²) < 4.78 is 5.54. The van der Waals surface area contributed by atoms with E-state index < -0.39 is 0 Å². The lowest BCUT2D eigenvalue weighted by molar-refractivity contribution is 0.0186. The minimum atomic E-state index is 0.0477. The number of piperidine rings is 1. The van der Waals surface area contributed by atoms with Gasteiger partial charge in [-0.3, -0.25) is 4.79 Å². The second kappa shape index (κ2) is 5.23. The summed E-state index contributed by atoms with van der Waals surface area (Å²) in [5.41, 5.74) is 0.720. The summed E-state index contributed by atoms with van der Waals surface area (Å²) in [5.74, 6) is 2.35. The SMILES string of the molecule is Cc1nc(C)c(C(=O)N2CCC[C@@H]3CCC[C@H](C)[C@@H]32)o1. The molecule has 4 heteroatoms. The van der Waals surface area contributed by atoms with Crippen LogP contribution < -0.4 is 0 Å². The number of carbonyl (C=O) groups is 1. The Labute approximate surface area is 120 Å². The van der Waals surface area contributed by atoms with Crippen LogP contribution >= 0.6 is 0 Å². The predicted octanol–water partition coefficient (Wildman–Crippen LogP) is 3.33. The van der Waals surface area contributed by atoms with E-state index in [2.05, 4.69) is 16.8 Å². The summed E-state index contributed by atoms with van der Waals surface area (Å²) in [6.07, 6.45) is 6.20. The van der Waals surface area contributed by atoms with Crippen molar-refractivity contribution in [3.05, 3.63) is 17.3 Å². The molecule has 0 N–H and O–H groups in total. The Hall–Kier alpha value is -1.32. The highest BCUT2D eigenvalue weighted by atomic mass is 16.4. The molecule has 1 saturated heterocycles. The minimum Gasteiger partial charge on any atom is -0.436 e. The van der Waals surface area contributed by atoms with Crippen molar-refractivity contribution in [2.45, 2.75) is 58.9 Å². The number of nitrogens with zero attached hydrogens (tertiary/aromatic N) is 2. The molecular formula is C16H24N2O2. The molecule has 2 aliphatic rings. The molecule has 0 spiro atoms. The molecule has 1 aliphatic heterocycles. The molecule has 1 aromatic rings. The summed E-state index contributed by atoms with van der Waals surface area (Å²) in [6.45, 7) is 6.81. The molecule has 2 heterocycles. The lowest BCUT2D eigenvalue weighted by Gasteiger charge is -2.47. The van der Waals surface area contributed by atoms with Crippen molar-refractivity contribution in [1.29, 1.82) is 0 Å². The van der Waals surface area contributed by atoms with Gasteiger partial charge in [-0.15, -0.1) is 0 Å². The third-order valence-electron chi connectivity index (χ3n) is 4.99. The molecule has 110 valence electrons. The molecule has 20 heavy (non-hydrogen) atoms. The van der Waals surface area contributed by atoms with E-state index in [-0.39, 0.29) is 5.91 Å². The molecule has 2 fully saturated rings. The molecule has 4 nitrogen and oxygen atoms in total. The number of hydrogen-bond acceptors (Lipinski definition) is 3. The second-order valence-electron chi connectivity index (χ2n) is 6.45. The van der Waals surface area contributed by atoms with Crippen LogP contribution in [-0.2, 0) is 0 Å².